The summed E-state index contributed by atoms with van der Waals surface area (Å²) in [7, 11) is 0. The molecule has 17 heavy (non-hydrogen) atoms. The van der Waals surface area contributed by atoms with Gasteiger partial charge in [0.15, 0.2) is 0 Å². The lowest BCUT2D eigenvalue weighted by molar-refractivity contribution is -0.0323. The van der Waals surface area contributed by atoms with Crippen molar-refractivity contribution in [3.05, 3.63) is 0 Å². The van der Waals surface area contributed by atoms with Crippen LogP contribution in [0.2, 0.25) is 0 Å². The van der Waals surface area contributed by atoms with Gasteiger partial charge in [0.2, 0.25) is 0 Å². The van der Waals surface area contributed by atoms with Gasteiger partial charge in [-0.1, -0.05) is 12.8 Å². The Kier molecular flexibility index (Phi) is 3.07. The number of amidine groups is 1. The van der Waals surface area contributed by atoms with Crippen LogP contribution in [-0.4, -0.2) is 41.6 Å². The van der Waals surface area contributed by atoms with Crippen LogP contribution >= 0.6 is 0 Å². The van der Waals surface area contributed by atoms with Gasteiger partial charge in [0.25, 0.3) is 0 Å². The fourth-order valence-corrected chi connectivity index (χ4v) is 2.57. The maximum absolute atomic E-state index is 11.8. The molecule has 1 saturated heterocycles. The van der Waals surface area contributed by atoms with E-state index >= 15 is 0 Å². The minimum Gasteiger partial charge on any atom is -0.385 e. The van der Waals surface area contributed by atoms with E-state index in [9.17, 15) is 4.79 Å². The number of aliphatic imine (C=N–C) groups is 1. The molecule has 2 aliphatic rings. The summed E-state index contributed by atoms with van der Waals surface area (Å²) in [4.78, 5) is 17.2. The van der Waals surface area contributed by atoms with Gasteiger partial charge >= 0.3 is 6.03 Å². The first kappa shape index (κ1) is 11.9. The molecule has 2 N–H and O–H groups in total. The van der Waals surface area contributed by atoms with Crippen molar-refractivity contribution < 1.29 is 9.53 Å². The SMILES string of the molecule is C#CCN1C(=O)N=C(N)C12CCOC(CC)C2. The van der Waals surface area contributed by atoms with Gasteiger partial charge in [-0.15, -0.1) is 6.42 Å². The molecule has 2 rings (SSSR count). The lowest BCUT2D eigenvalue weighted by Gasteiger charge is -2.42. The molecule has 0 aliphatic carbocycles. The Morgan fingerprint density at radius 2 is 2.53 bits per heavy atom. The number of hydrogen-bond acceptors (Lipinski definition) is 3. The van der Waals surface area contributed by atoms with Crippen LogP contribution in [0.15, 0.2) is 4.99 Å². The van der Waals surface area contributed by atoms with Crippen molar-refractivity contribution in [2.75, 3.05) is 13.2 Å². The summed E-state index contributed by atoms with van der Waals surface area (Å²) in [6.45, 7) is 2.89. The molecule has 0 aromatic heterocycles. The third-order valence-electron chi connectivity index (χ3n) is 3.58. The maximum Gasteiger partial charge on any atom is 0.346 e. The Labute approximate surface area is 101 Å². The average molecular weight is 235 g/mol. The maximum atomic E-state index is 11.8. The van der Waals surface area contributed by atoms with Crippen LogP contribution in [0.1, 0.15) is 26.2 Å². The first-order valence-corrected chi connectivity index (χ1v) is 5.85. The molecule has 0 radical (unpaired) electrons. The minimum absolute atomic E-state index is 0.115. The monoisotopic (exact) mass is 235 g/mol. The van der Waals surface area contributed by atoms with Gasteiger partial charge in [-0.05, 0) is 6.42 Å². The predicted molar refractivity (Wildman–Crippen MR) is 64.6 cm³/mol. The molecule has 92 valence electrons. The molecule has 0 saturated carbocycles. The topological polar surface area (TPSA) is 67.9 Å². The fraction of sp³-hybridized carbons (Fsp3) is 0.667. The van der Waals surface area contributed by atoms with Gasteiger partial charge in [0, 0.05) is 19.4 Å². The van der Waals surface area contributed by atoms with Gasteiger partial charge in [-0.25, -0.2) is 4.79 Å². The Morgan fingerprint density at radius 1 is 1.76 bits per heavy atom. The van der Waals surface area contributed by atoms with E-state index < -0.39 is 5.54 Å². The minimum atomic E-state index is -0.512. The zero-order valence-corrected chi connectivity index (χ0v) is 9.98. The molecule has 5 nitrogen and oxygen atoms in total. The van der Waals surface area contributed by atoms with Crippen LogP contribution in [0.25, 0.3) is 0 Å². The number of nitrogens with two attached hydrogens (primary N) is 1. The standard InChI is InChI=1S/C12H17N3O2/c1-3-6-15-11(16)14-10(13)12(15)5-7-17-9(4-2)8-12/h1,9H,4-8H2,2H3,(H2,13,14,16). The van der Waals surface area contributed by atoms with Crippen LogP contribution in [0.4, 0.5) is 4.79 Å². The zero-order valence-electron chi connectivity index (χ0n) is 9.98. The molecule has 2 atom stereocenters. The van der Waals surface area contributed by atoms with Crippen molar-refractivity contribution in [1.29, 1.82) is 0 Å². The van der Waals surface area contributed by atoms with Gasteiger partial charge in [-0.3, -0.25) is 4.90 Å². The summed E-state index contributed by atoms with van der Waals surface area (Å²) >= 11 is 0. The number of ether oxygens (including phenoxy) is 1. The highest BCUT2D eigenvalue weighted by Crippen LogP contribution is 2.36. The molecule has 2 amide bonds. The van der Waals surface area contributed by atoms with Crippen molar-refractivity contribution in [1.82, 2.24) is 4.90 Å². The highest BCUT2D eigenvalue weighted by Gasteiger charge is 2.50. The molecule has 0 aromatic rings. The molecule has 0 aromatic carbocycles. The Balaban J connectivity index is 2.29. The van der Waals surface area contributed by atoms with Crippen LogP contribution in [0, 0.1) is 12.3 Å². The number of terminal acetylenes is 1. The lowest BCUT2D eigenvalue weighted by atomic mass is 9.84. The van der Waals surface area contributed by atoms with E-state index in [0.29, 0.717) is 25.3 Å². The second-order valence-electron chi connectivity index (χ2n) is 4.46. The molecule has 1 fully saturated rings. The van der Waals surface area contributed by atoms with Crippen LogP contribution in [0.3, 0.4) is 0 Å². The number of hydrogen-bond donors (Lipinski definition) is 1. The molecule has 1 spiro atoms. The van der Waals surface area contributed by atoms with Crippen LogP contribution < -0.4 is 5.73 Å². The fourth-order valence-electron chi connectivity index (χ4n) is 2.57. The summed E-state index contributed by atoms with van der Waals surface area (Å²) in [6.07, 6.45) is 7.68. The highest BCUT2D eigenvalue weighted by atomic mass is 16.5. The molecule has 2 aliphatic heterocycles. The van der Waals surface area contributed by atoms with E-state index in [1.165, 1.54) is 0 Å². The average Bonchev–Trinajstić information content (AvgIpc) is 2.54. The zero-order chi connectivity index (χ0) is 12.5. The smallest absolute Gasteiger partial charge is 0.346 e. The second kappa shape index (κ2) is 4.38. The van der Waals surface area contributed by atoms with E-state index in [0.717, 1.165) is 6.42 Å². The quantitative estimate of drug-likeness (QED) is 0.718. The number of carbonyl (C=O) groups excluding carboxylic acids is 1. The number of rotatable bonds is 2. The molecule has 2 heterocycles. The molecular formula is C12H17N3O2. The van der Waals surface area contributed by atoms with E-state index in [-0.39, 0.29) is 18.7 Å². The van der Waals surface area contributed by atoms with Gasteiger partial charge < -0.3 is 10.5 Å². The van der Waals surface area contributed by atoms with E-state index in [1.54, 1.807) is 4.90 Å². The summed E-state index contributed by atoms with van der Waals surface area (Å²) in [5.41, 5.74) is 5.42. The summed E-state index contributed by atoms with van der Waals surface area (Å²) in [5.74, 6) is 2.89. The number of urea groups is 1. The Bertz CT molecular complexity index is 399. The van der Waals surface area contributed by atoms with Crippen LogP contribution in [-0.2, 0) is 4.74 Å². The van der Waals surface area contributed by atoms with Gasteiger partial charge in [-0.2, -0.15) is 4.99 Å². The van der Waals surface area contributed by atoms with E-state index in [2.05, 4.69) is 17.8 Å². The van der Waals surface area contributed by atoms with E-state index in [4.69, 9.17) is 16.9 Å². The van der Waals surface area contributed by atoms with Crippen molar-refractivity contribution >= 4 is 11.9 Å². The largest absolute Gasteiger partial charge is 0.385 e. The van der Waals surface area contributed by atoms with Crippen LogP contribution in [0.5, 0.6) is 0 Å². The molecule has 0 bridgehead atoms. The molecular weight excluding hydrogens is 218 g/mol. The van der Waals surface area contributed by atoms with Gasteiger partial charge in [0.1, 0.15) is 11.4 Å². The third kappa shape index (κ3) is 1.79. The normalized spacial score (nSPS) is 32.7. The van der Waals surface area contributed by atoms with E-state index in [1.807, 2.05) is 0 Å². The van der Waals surface area contributed by atoms with Crippen molar-refractivity contribution in [3.63, 3.8) is 0 Å². The number of nitrogens with zero attached hydrogens (tertiary/aromatic N) is 2. The Morgan fingerprint density at radius 3 is 3.18 bits per heavy atom. The first-order valence-electron chi connectivity index (χ1n) is 5.85. The second-order valence-corrected chi connectivity index (χ2v) is 4.46. The highest BCUT2D eigenvalue weighted by molar-refractivity contribution is 6.06. The Hall–Kier alpha value is -1.54. The van der Waals surface area contributed by atoms with Crippen molar-refractivity contribution in [2.45, 2.75) is 37.8 Å². The predicted octanol–water partition coefficient (Wildman–Crippen LogP) is 0.740. The summed E-state index contributed by atoms with van der Waals surface area (Å²) < 4.78 is 5.62. The van der Waals surface area contributed by atoms with Crippen molar-refractivity contribution in [3.8, 4) is 12.3 Å². The molecule has 2 unspecified atom stereocenters. The lowest BCUT2D eigenvalue weighted by Crippen LogP contribution is -2.58. The summed E-state index contributed by atoms with van der Waals surface area (Å²) in [5, 5.41) is 0. The number of amides is 2. The third-order valence-corrected chi connectivity index (χ3v) is 3.58. The van der Waals surface area contributed by atoms with Gasteiger partial charge in [0.05, 0.1) is 12.6 Å². The molecule has 5 heteroatoms. The first-order chi connectivity index (χ1) is 8.14. The summed E-state index contributed by atoms with van der Waals surface area (Å²) in [6, 6.07) is -0.322. The number of carbonyl (C=O) groups is 1. The van der Waals surface area contributed by atoms with Crippen molar-refractivity contribution in [2.24, 2.45) is 10.7 Å².